The molecule has 212 valence electrons. The summed E-state index contributed by atoms with van der Waals surface area (Å²) in [4.78, 5) is 13.8. The van der Waals surface area contributed by atoms with Gasteiger partial charge in [-0.1, -0.05) is 70.3 Å². The fourth-order valence-corrected chi connectivity index (χ4v) is 4.47. The average Bonchev–Trinajstić information content (AvgIpc) is 2.88. The Balaban J connectivity index is 2.43. The smallest absolute Gasteiger partial charge is 0.297 e. The van der Waals surface area contributed by atoms with E-state index in [1.165, 1.54) is 11.1 Å². The molecule has 1 heterocycles. The van der Waals surface area contributed by atoms with Crippen LogP contribution in [0.4, 0.5) is 5.69 Å². The maximum atomic E-state index is 13.8. The first kappa shape index (κ1) is 31.5. The molecule has 1 N–H and O–H groups in total. The number of ether oxygens (including phenoxy) is 2. The molecule has 38 heavy (non-hydrogen) atoms. The Morgan fingerprint density at radius 2 is 1.76 bits per heavy atom. The van der Waals surface area contributed by atoms with Crippen LogP contribution in [0.1, 0.15) is 99.8 Å². The fourth-order valence-electron chi connectivity index (χ4n) is 4.47. The van der Waals surface area contributed by atoms with Gasteiger partial charge in [-0.05, 0) is 77.0 Å². The van der Waals surface area contributed by atoms with E-state index < -0.39 is 0 Å². The summed E-state index contributed by atoms with van der Waals surface area (Å²) < 4.78 is 14.4. The maximum absolute atomic E-state index is 13.8. The molecule has 5 heteroatoms. The highest BCUT2D eigenvalue weighted by atomic mass is 16.5. The number of hydrogen-bond donors (Lipinski definition) is 1. The van der Waals surface area contributed by atoms with Crippen LogP contribution >= 0.6 is 0 Å². The first-order valence-corrected chi connectivity index (χ1v) is 14.8. The summed E-state index contributed by atoms with van der Waals surface area (Å²) in [6.07, 6.45) is 12.8. The molecule has 1 unspecified atom stereocenters. The van der Waals surface area contributed by atoms with E-state index >= 15 is 0 Å². The number of pyridine rings is 1. The molecule has 0 aliphatic heterocycles. The molecule has 0 bridgehead atoms. The van der Waals surface area contributed by atoms with Gasteiger partial charge in [-0.3, -0.25) is 4.79 Å². The third-order valence-corrected chi connectivity index (χ3v) is 6.80. The minimum Gasteiger partial charge on any atom is -0.489 e. The van der Waals surface area contributed by atoms with Gasteiger partial charge in [-0.15, -0.1) is 0 Å². The third kappa shape index (κ3) is 9.89. The van der Waals surface area contributed by atoms with E-state index in [2.05, 4.69) is 84.1 Å². The number of nitrogens with zero attached hydrogens (tertiary/aromatic N) is 1. The lowest BCUT2D eigenvalue weighted by atomic mass is 10.1. The van der Waals surface area contributed by atoms with Gasteiger partial charge in [0.05, 0.1) is 18.7 Å². The highest BCUT2D eigenvalue weighted by Gasteiger charge is 2.21. The van der Waals surface area contributed by atoms with E-state index in [-0.39, 0.29) is 5.56 Å². The summed E-state index contributed by atoms with van der Waals surface area (Å²) in [7, 11) is 0. The SMILES string of the molecule is CCCCOc1c(OCC(C)CCC)c(=O)n(CCCC)c2cc(NC/C=C(\C)CCC=C(C)C)ccc12. The van der Waals surface area contributed by atoms with Crippen molar-refractivity contribution in [1.29, 1.82) is 0 Å². The Morgan fingerprint density at radius 1 is 1.00 bits per heavy atom. The minimum atomic E-state index is -0.0895. The molecular formula is C33H52N2O3. The molecule has 5 nitrogen and oxygen atoms in total. The second kappa shape index (κ2) is 17.0. The second-order valence-electron chi connectivity index (χ2n) is 10.9. The first-order valence-electron chi connectivity index (χ1n) is 14.8. The van der Waals surface area contributed by atoms with Crippen LogP contribution in [-0.4, -0.2) is 24.3 Å². The van der Waals surface area contributed by atoms with Gasteiger partial charge in [-0.2, -0.15) is 0 Å². The van der Waals surface area contributed by atoms with Gasteiger partial charge < -0.3 is 19.4 Å². The molecule has 1 aromatic carbocycles. The van der Waals surface area contributed by atoms with E-state index in [9.17, 15) is 4.79 Å². The Kier molecular flexibility index (Phi) is 14.1. The molecule has 0 amide bonds. The van der Waals surface area contributed by atoms with E-state index in [1.54, 1.807) is 0 Å². The summed E-state index contributed by atoms with van der Waals surface area (Å²) >= 11 is 0. The van der Waals surface area contributed by atoms with Gasteiger partial charge >= 0.3 is 0 Å². The van der Waals surface area contributed by atoms with E-state index in [1.807, 2.05) is 4.57 Å². The lowest BCUT2D eigenvalue weighted by Gasteiger charge is -2.20. The quantitative estimate of drug-likeness (QED) is 0.156. The zero-order chi connectivity index (χ0) is 27.9. The molecule has 0 spiro atoms. The van der Waals surface area contributed by atoms with Crippen LogP contribution < -0.4 is 20.3 Å². The van der Waals surface area contributed by atoms with Crippen LogP contribution in [0, 0.1) is 5.92 Å². The number of rotatable bonds is 18. The number of fused-ring (bicyclic) bond motifs is 1. The van der Waals surface area contributed by atoms with Crippen molar-refractivity contribution in [2.75, 3.05) is 25.1 Å². The lowest BCUT2D eigenvalue weighted by molar-refractivity contribution is 0.226. The van der Waals surface area contributed by atoms with Gasteiger partial charge in [-0.25, -0.2) is 0 Å². The third-order valence-electron chi connectivity index (χ3n) is 6.80. The normalized spacial score (nSPS) is 12.4. The molecule has 2 rings (SSSR count). The Hall–Kier alpha value is -2.69. The van der Waals surface area contributed by atoms with Gasteiger partial charge in [0.15, 0.2) is 5.75 Å². The number of aromatic nitrogens is 1. The van der Waals surface area contributed by atoms with E-state index in [4.69, 9.17) is 9.47 Å². The molecule has 0 radical (unpaired) electrons. The molecular weight excluding hydrogens is 472 g/mol. The first-order chi connectivity index (χ1) is 18.3. The fraction of sp³-hybridized carbons (Fsp3) is 0.606. The van der Waals surface area contributed by atoms with Crippen LogP contribution in [0.2, 0.25) is 0 Å². The predicted octanol–water partition coefficient (Wildman–Crippen LogP) is 8.90. The van der Waals surface area contributed by atoms with Crippen molar-refractivity contribution in [2.45, 2.75) is 106 Å². The highest BCUT2D eigenvalue weighted by Crippen LogP contribution is 2.35. The van der Waals surface area contributed by atoms with Crippen molar-refractivity contribution in [3.8, 4) is 11.5 Å². The Morgan fingerprint density at radius 3 is 2.45 bits per heavy atom. The summed E-state index contributed by atoms with van der Waals surface area (Å²) in [5.74, 6) is 1.34. The molecule has 2 aromatic rings. The van der Waals surface area contributed by atoms with Crippen LogP contribution in [0.25, 0.3) is 10.9 Å². The van der Waals surface area contributed by atoms with Crippen LogP contribution in [0.3, 0.4) is 0 Å². The van der Waals surface area contributed by atoms with Gasteiger partial charge in [0, 0.05) is 24.2 Å². The molecule has 0 aliphatic rings. The number of anilines is 1. The molecule has 1 aromatic heterocycles. The predicted molar refractivity (Wildman–Crippen MR) is 164 cm³/mol. The summed E-state index contributed by atoms with van der Waals surface area (Å²) in [6, 6.07) is 6.25. The number of nitrogens with one attached hydrogen (secondary N) is 1. The van der Waals surface area contributed by atoms with Crippen molar-refractivity contribution < 1.29 is 9.47 Å². The summed E-state index contributed by atoms with van der Waals surface area (Å²) in [5, 5.41) is 4.47. The highest BCUT2D eigenvalue weighted by molar-refractivity contribution is 5.90. The molecule has 0 saturated heterocycles. The Labute approximate surface area is 231 Å². The maximum Gasteiger partial charge on any atom is 0.297 e. The van der Waals surface area contributed by atoms with Gasteiger partial charge in [0.2, 0.25) is 5.75 Å². The largest absolute Gasteiger partial charge is 0.489 e. The number of aryl methyl sites for hydroxylation is 1. The topological polar surface area (TPSA) is 52.5 Å². The van der Waals surface area contributed by atoms with Crippen molar-refractivity contribution in [3.63, 3.8) is 0 Å². The number of unbranched alkanes of at least 4 members (excludes halogenated alkanes) is 2. The number of hydrogen-bond acceptors (Lipinski definition) is 4. The Bertz CT molecular complexity index is 1110. The molecule has 0 saturated carbocycles. The van der Waals surface area contributed by atoms with E-state index in [0.29, 0.717) is 37.2 Å². The molecule has 0 aliphatic carbocycles. The van der Waals surface area contributed by atoms with E-state index in [0.717, 1.165) is 74.5 Å². The van der Waals surface area contributed by atoms with Crippen molar-refractivity contribution in [2.24, 2.45) is 5.92 Å². The molecule has 0 fully saturated rings. The zero-order valence-electron chi connectivity index (χ0n) is 25.1. The van der Waals surface area contributed by atoms with Crippen molar-refractivity contribution >= 4 is 16.6 Å². The van der Waals surface area contributed by atoms with Crippen LogP contribution in [0.15, 0.2) is 46.3 Å². The zero-order valence-corrected chi connectivity index (χ0v) is 25.1. The monoisotopic (exact) mass is 524 g/mol. The summed E-state index contributed by atoms with van der Waals surface area (Å²) in [5.41, 5.74) is 4.55. The second-order valence-corrected chi connectivity index (χ2v) is 10.9. The van der Waals surface area contributed by atoms with Crippen LogP contribution in [0.5, 0.6) is 11.5 Å². The molecule has 1 atom stereocenters. The summed E-state index contributed by atoms with van der Waals surface area (Å²) in [6.45, 7) is 17.6. The van der Waals surface area contributed by atoms with Crippen molar-refractivity contribution in [3.05, 3.63) is 51.9 Å². The minimum absolute atomic E-state index is 0.0895. The number of benzene rings is 1. The van der Waals surface area contributed by atoms with Gasteiger partial charge in [0.1, 0.15) is 0 Å². The van der Waals surface area contributed by atoms with Crippen LogP contribution in [-0.2, 0) is 6.54 Å². The van der Waals surface area contributed by atoms with Crippen molar-refractivity contribution in [1.82, 2.24) is 4.57 Å². The lowest BCUT2D eigenvalue weighted by Crippen LogP contribution is -2.25. The number of allylic oxidation sites excluding steroid dienone is 3. The van der Waals surface area contributed by atoms with Gasteiger partial charge in [0.25, 0.3) is 5.56 Å². The average molecular weight is 525 g/mol. The standard InChI is InChI=1S/C33H52N2O3/c1-8-11-21-35-30-23-28(34-20-19-26(6)16-13-15-25(4)5)17-18-29(30)31(37-22-12-9-2)32(33(35)36)38-24-27(7)14-10-3/h15,17-19,23,27,34H,8-14,16,20-22,24H2,1-7H3/b26-19+.